The Bertz CT molecular complexity index is 1010. The highest BCUT2D eigenvalue weighted by Crippen LogP contribution is 2.25. The van der Waals surface area contributed by atoms with Crippen LogP contribution in [0.25, 0.3) is 10.8 Å². The number of hydrogen-bond acceptors (Lipinski definition) is 3. The molecule has 25 heavy (non-hydrogen) atoms. The Kier molecular flexibility index (Phi) is 5.11. The van der Waals surface area contributed by atoms with E-state index >= 15 is 0 Å². The van der Waals surface area contributed by atoms with Crippen LogP contribution < -0.4 is 4.72 Å². The normalized spacial score (nSPS) is 13.1. The van der Waals surface area contributed by atoms with Crippen LogP contribution in [-0.2, 0) is 10.0 Å². The molecule has 3 aromatic rings. The van der Waals surface area contributed by atoms with Gasteiger partial charge in [0.2, 0.25) is 10.0 Å². The second kappa shape index (κ2) is 7.14. The Morgan fingerprint density at radius 1 is 1.08 bits per heavy atom. The lowest BCUT2D eigenvalue weighted by Gasteiger charge is -2.16. The minimum Gasteiger partial charge on any atom is -0.387 e. The van der Waals surface area contributed by atoms with E-state index in [1.165, 1.54) is 6.07 Å². The SMILES string of the molecule is Cc1ccc(Cl)cc1S(=O)(=O)NCC(O)c1cccc2ccccc12. The number of aliphatic hydroxyl groups excluding tert-OH is 1. The van der Waals surface area contributed by atoms with E-state index in [9.17, 15) is 13.5 Å². The maximum absolute atomic E-state index is 12.5. The van der Waals surface area contributed by atoms with Gasteiger partial charge in [0.25, 0.3) is 0 Å². The van der Waals surface area contributed by atoms with Gasteiger partial charge in [-0.25, -0.2) is 13.1 Å². The minimum atomic E-state index is -3.76. The fraction of sp³-hybridized carbons (Fsp3) is 0.158. The quantitative estimate of drug-likeness (QED) is 0.712. The fourth-order valence-corrected chi connectivity index (χ4v) is 4.32. The van der Waals surface area contributed by atoms with E-state index in [0.29, 0.717) is 16.1 Å². The molecule has 0 saturated carbocycles. The summed E-state index contributed by atoms with van der Waals surface area (Å²) in [7, 11) is -3.76. The summed E-state index contributed by atoms with van der Waals surface area (Å²) >= 11 is 5.91. The first-order chi connectivity index (χ1) is 11.9. The highest BCUT2D eigenvalue weighted by atomic mass is 35.5. The molecule has 3 aromatic carbocycles. The number of hydrogen-bond donors (Lipinski definition) is 2. The molecule has 0 bridgehead atoms. The highest BCUT2D eigenvalue weighted by molar-refractivity contribution is 7.89. The van der Waals surface area contributed by atoms with Gasteiger partial charge in [0.1, 0.15) is 0 Å². The Balaban J connectivity index is 1.84. The molecule has 0 heterocycles. The summed E-state index contributed by atoms with van der Waals surface area (Å²) in [6.45, 7) is 1.58. The summed E-state index contributed by atoms with van der Waals surface area (Å²) in [5, 5.41) is 12.7. The second-order valence-corrected chi connectivity index (χ2v) is 8.02. The van der Waals surface area contributed by atoms with E-state index in [-0.39, 0.29) is 11.4 Å². The number of rotatable bonds is 5. The van der Waals surface area contributed by atoms with Crippen molar-refractivity contribution in [2.24, 2.45) is 0 Å². The number of nitrogens with one attached hydrogen (secondary N) is 1. The molecule has 0 amide bonds. The Labute approximate surface area is 152 Å². The van der Waals surface area contributed by atoms with Gasteiger partial charge in [-0.05, 0) is 41.0 Å². The summed E-state index contributed by atoms with van der Waals surface area (Å²) in [6.07, 6.45) is -0.958. The third-order valence-corrected chi connectivity index (χ3v) is 5.89. The van der Waals surface area contributed by atoms with E-state index in [4.69, 9.17) is 11.6 Å². The zero-order valence-electron chi connectivity index (χ0n) is 13.6. The number of fused-ring (bicyclic) bond motifs is 1. The van der Waals surface area contributed by atoms with Crippen molar-refractivity contribution in [1.29, 1.82) is 0 Å². The molecule has 0 saturated heterocycles. The highest BCUT2D eigenvalue weighted by Gasteiger charge is 2.20. The smallest absolute Gasteiger partial charge is 0.240 e. The average molecular weight is 376 g/mol. The molecule has 0 spiro atoms. The summed E-state index contributed by atoms with van der Waals surface area (Å²) in [5.41, 5.74) is 1.28. The van der Waals surface area contributed by atoms with Gasteiger partial charge < -0.3 is 5.11 Å². The monoisotopic (exact) mass is 375 g/mol. The third kappa shape index (κ3) is 3.85. The standard InChI is InChI=1S/C19H18ClNO3S/c1-13-9-10-15(20)11-19(13)25(23,24)21-12-18(22)17-8-4-6-14-5-2-3-7-16(14)17/h2-11,18,21-22H,12H2,1H3. The van der Waals surface area contributed by atoms with E-state index < -0.39 is 16.1 Å². The van der Waals surface area contributed by atoms with Gasteiger partial charge in [0.15, 0.2) is 0 Å². The molecule has 1 atom stereocenters. The van der Waals surface area contributed by atoms with Crippen molar-refractivity contribution in [2.75, 3.05) is 6.54 Å². The lowest BCUT2D eigenvalue weighted by molar-refractivity contribution is 0.183. The zero-order chi connectivity index (χ0) is 18.0. The number of aliphatic hydroxyl groups is 1. The Morgan fingerprint density at radius 3 is 2.60 bits per heavy atom. The van der Waals surface area contributed by atoms with Crippen molar-refractivity contribution in [1.82, 2.24) is 4.72 Å². The molecule has 0 aliphatic heterocycles. The third-order valence-electron chi connectivity index (χ3n) is 4.09. The number of aryl methyl sites for hydroxylation is 1. The first kappa shape index (κ1) is 17.9. The molecule has 0 radical (unpaired) electrons. The van der Waals surface area contributed by atoms with Crippen molar-refractivity contribution in [2.45, 2.75) is 17.9 Å². The largest absolute Gasteiger partial charge is 0.387 e. The predicted molar refractivity (Wildman–Crippen MR) is 100 cm³/mol. The topological polar surface area (TPSA) is 66.4 Å². The van der Waals surface area contributed by atoms with Crippen molar-refractivity contribution in [3.63, 3.8) is 0 Å². The average Bonchev–Trinajstić information content (AvgIpc) is 2.61. The maximum Gasteiger partial charge on any atom is 0.240 e. The molecule has 0 fully saturated rings. The van der Waals surface area contributed by atoms with Crippen LogP contribution in [0.1, 0.15) is 17.2 Å². The molecule has 1 unspecified atom stereocenters. The van der Waals surface area contributed by atoms with Crippen LogP contribution in [0.4, 0.5) is 0 Å². The van der Waals surface area contributed by atoms with E-state index in [2.05, 4.69) is 4.72 Å². The van der Waals surface area contributed by atoms with Crippen LogP contribution in [-0.4, -0.2) is 20.1 Å². The lowest BCUT2D eigenvalue weighted by atomic mass is 10.0. The van der Waals surface area contributed by atoms with Gasteiger partial charge in [0, 0.05) is 11.6 Å². The van der Waals surface area contributed by atoms with E-state index in [1.807, 2.05) is 36.4 Å². The number of halogens is 1. The lowest BCUT2D eigenvalue weighted by Crippen LogP contribution is -2.29. The molecule has 130 valence electrons. The Morgan fingerprint density at radius 2 is 1.80 bits per heavy atom. The molecule has 6 heteroatoms. The van der Waals surface area contributed by atoms with Crippen molar-refractivity contribution in [3.05, 3.63) is 76.8 Å². The molecule has 0 aliphatic rings. The van der Waals surface area contributed by atoms with Crippen molar-refractivity contribution >= 4 is 32.4 Å². The summed E-state index contributed by atoms with van der Waals surface area (Å²) in [6, 6.07) is 18.0. The number of benzene rings is 3. The summed E-state index contributed by atoms with van der Waals surface area (Å²) in [5.74, 6) is 0. The molecular formula is C19H18ClNO3S. The number of sulfonamides is 1. The first-order valence-corrected chi connectivity index (χ1v) is 9.66. The first-order valence-electron chi connectivity index (χ1n) is 7.80. The van der Waals surface area contributed by atoms with Crippen LogP contribution >= 0.6 is 11.6 Å². The van der Waals surface area contributed by atoms with Crippen LogP contribution in [0.15, 0.2) is 65.6 Å². The van der Waals surface area contributed by atoms with Gasteiger partial charge >= 0.3 is 0 Å². The summed E-state index contributed by atoms with van der Waals surface area (Å²) < 4.78 is 27.5. The van der Waals surface area contributed by atoms with E-state index in [1.54, 1.807) is 25.1 Å². The predicted octanol–water partition coefficient (Wildman–Crippen LogP) is 3.81. The fourth-order valence-electron chi connectivity index (χ4n) is 2.78. The maximum atomic E-state index is 12.5. The van der Waals surface area contributed by atoms with Crippen molar-refractivity contribution < 1.29 is 13.5 Å². The van der Waals surface area contributed by atoms with Gasteiger partial charge in [-0.15, -0.1) is 0 Å². The van der Waals surface area contributed by atoms with Gasteiger partial charge in [-0.2, -0.15) is 0 Å². The molecule has 2 N–H and O–H groups in total. The van der Waals surface area contributed by atoms with E-state index in [0.717, 1.165) is 10.8 Å². The minimum absolute atomic E-state index is 0.116. The van der Waals surface area contributed by atoms with Gasteiger partial charge in [0.05, 0.1) is 11.0 Å². The summed E-state index contributed by atoms with van der Waals surface area (Å²) in [4.78, 5) is 0.116. The Hall–Kier alpha value is -1.92. The van der Waals surface area contributed by atoms with Crippen LogP contribution in [0.2, 0.25) is 5.02 Å². The van der Waals surface area contributed by atoms with Crippen LogP contribution in [0.3, 0.4) is 0 Å². The van der Waals surface area contributed by atoms with Crippen LogP contribution in [0.5, 0.6) is 0 Å². The second-order valence-electron chi connectivity index (χ2n) is 5.85. The van der Waals surface area contributed by atoms with Gasteiger partial charge in [-0.3, -0.25) is 0 Å². The van der Waals surface area contributed by atoms with Crippen molar-refractivity contribution in [3.8, 4) is 0 Å². The van der Waals surface area contributed by atoms with Gasteiger partial charge in [-0.1, -0.05) is 60.1 Å². The molecule has 4 nitrogen and oxygen atoms in total. The zero-order valence-corrected chi connectivity index (χ0v) is 15.2. The van der Waals surface area contributed by atoms with Crippen LogP contribution in [0, 0.1) is 6.92 Å². The molecular weight excluding hydrogens is 358 g/mol. The molecule has 0 aromatic heterocycles. The molecule has 0 aliphatic carbocycles. The molecule has 3 rings (SSSR count).